The van der Waals surface area contributed by atoms with E-state index in [-0.39, 0.29) is 12.5 Å². The topological polar surface area (TPSA) is 62.2 Å². The average molecular weight is 276 g/mol. The summed E-state index contributed by atoms with van der Waals surface area (Å²) >= 11 is 0. The maximum absolute atomic E-state index is 12.2. The zero-order chi connectivity index (χ0) is 14.4. The first kappa shape index (κ1) is 15.0. The van der Waals surface area contributed by atoms with E-state index < -0.39 is 5.54 Å². The van der Waals surface area contributed by atoms with Crippen LogP contribution in [0.4, 0.5) is 0 Å². The first-order valence-corrected chi connectivity index (χ1v) is 7.45. The van der Waals surface area contributed by atoms with E-state index >= 15 is 0 Å². The predicted octanol–water partition coefficient (Wildman–Crippen LogP) is 2.07. The Hall–Kier alpha value is -1.42. The van der Waals surface area contributed by atoms with Gasteiger partial charge < -0.3 is 10.4 Å². The molecule has 0 radical (unpaired) electrons. The Balaban J connectivity index is 1.96. The van der Waals surface area contributed by atoms with Gasteiger partial charge in [-0.2, -0.15) is 0 Å². The lowest BCUT2D eigenvalue weighted by Crippen LogP contribution is -2.55. The fraction of sp³-hybridized carbons (Fsp3) is 0.625. The van der Waals surface area contributed by atoms with Gasteiger partial charge in [-0.1, -0.05) is 19.3 Å². The molecular formula is C16H24N2O2. The smallest absolute Gasteiger partial charge is 0.224 e. The van der Waals surface area contributed by atoms with Crippen molar-refractivity contribution in [3.63, 3.8) is 0 Å². The molecule has 0 aromatic carbocycles. The highest BCUT2D eigenvalue weighted by molar-refractivity contribution is 5.79. The van der Waals surface area contributed by atoms with E-state index in [0.717, 1.165) is 18.4 Å². The molecule has 0 bridgehead atoms. The van der Waals surface area contributed by atoms with Crippen LogP contribution in [0.15, 0.2) is 24.5 Å². The second kappa shape index (κ2) is 6.84. The van der Waals surface area contributed by atoms with E-state index in [9.17, 15) is 9.90 Å². The minimum atomic E-state index is -0.496. The van der Waals surface area contributed by atoms with Crippen molar-refractivity contribution < 1.29 is 9.90 Å². The van der Waals surface area contributed by atoms with Crippen LogP contribution in [0.5, 0.6) is 0 Å². The molecule has 110 valence electrons. The summed E-state index contributed by atoms with van der Waals surface area (Å²) < 4.78 is 0. The number of aliphatic hydroxyl groups excluding tert-OH is 1. The molecule has 1 heterocycles. The normalized spacial score (nSPS) is 19.3. The van der Waals surface area contributed by atoms with Crippen LogP contribution < -0.4 is 5.32 Å². The number of carbonyl (C=O) groups excluding carboxylic acids is 1. The largest absolute Gasteiger partial charge is 0.394 e. The number of carbonyl (C=O) groups is 1. The molecule has 1 saturated carbocycles. The van der Waals surface area contributed by atoms with E-state index in [4.69, 9.17) is 0 Å². The fourth-order valence-electron chi connectivity index (χ4n) is 3.06. The lowest BCUT2D eigenvalue weighted by Gasteiger charge is -2.39. The molecule has 2 rings (SSSR count). The molecule has 1 atom stereocenters. The highest BCUT2D eigenvalue weighted by atomic mass is 16.3. The Morgan fingerprint density at radius 3 is 2.60 bits per heavy atom. The number of rotatable bonds is 5. The average Bonchev–Trinajstić information content (AvgIpc) is 2.49. The monoisotopic (exact) mass is 276 g/mol. The molecule has 1 aliphatic rings. The van der Waals surface area contributed by atoms with Crippen LogP contribution in [-0.2, 0) is 11.2 Å². The third-order valence-corrected chi connectivity index (χ3v) is 4.37. The van der Waals surface area contributed by atoms with E-state index in [1.165, 1.54) is 19.3 Å². The summed E-state index contributed by atoms with van der Waals surface area (Å²) in [5.74, 6) is 0.348. The number of hydrogen-bond donors (Lipinski definition) is 2. The molecule has 0 unspecified atom stereocenters. The predicted molar refractivity (Wildman–Crippen MR) is 78.1 cm³/mol. The van der Waals surface area contributed by atoms with Gasteiger partial charge >= 0.3 is 0 Å². The van der Waals surface area contributed by atoms with Gasteiger partial charge in [0, 0.05) is 12.4 Å². The molecule has 4 nitrogen and oxygen atoms in total. The van der Waals surface area contributed by atoms with Gasteiger partial charge in [0.1, 0.15) is 0 Å². The summed E-state index contributed by atoms with van der Waals surface area (Å²) in [6.07, 6.45) is 9.55. The lowest BCUT2D eigenvalue weighted by atomic mass is 9.76. The molecule has 1 aromatic heterocycles. The summed E-state index contributed by atoms with van der Waals surface area (Å²) in [5, 5.41) is 12.8. The minimum Gasteiger partial charge on any atom is -0.394 e. The minimum absolute atomic E-state index is 0.000246. The van der Waals surface area contributed by atoms with E-state index in [1.54, 1.807) is 12.4 Å². The molecule has 1 fully saturated rings. The third kappa shape index (κ3) is 3.79. The Labute approximate surface area is 120 Å². The molecule has 0 saturated heterocycles. The quantitative estimate of drug-likeness (QED) is 0.865. The van der Waals surface area contributed by atoms with Crippen LogP contribution in [-0.4, -0.2) is 28.1 Å². The van der Waals surface area contributed by atoms with Crippen molar-refractivity contribution in [3.8, 4) is 0 Å². The van der Waals surface area contributed by atoms with E-state index in [1.807, 2.05) is 19.1 Å². The van der Waals surface area contributed by atoms with Crippen molar-refractivity contribution in [2.75, 3.05) is 6.61 Å². The maximum Gasteiger partial charge on any atom is 0.224 e. The van der Waals surface area contributed by atoms with Crippen LogP contribution in [0.2, 0.25) is 0 Å². The molecular weight excluding hydrogens is 252 g/mol. The first-order valence-electron chi connectivity index (χ1n) is 7.45. The Morgan fingerprint density at radius 2 is 2.00 bits per heavy atom. The fourth-order valence-corrected chi connectivity index (χ4v) is 3.06. The number of hydrogen-bond acceptors (Lipinski definition) is 3. The van der Waals surface area contributed by atoms with Crippen LogP contribution in [0.1, 0.15) is 44.6 Å². The van der Waals surface area contributed by atoms with Gasteiger partial charge in [0.15, 0.2) is 0 Å². The number of nitrogens with one attached hydrogen (secondary N) is 1. The zero-order valence-corrected chi connectivity index (χ0v) is 12.1. The summed E-state index contributed by atoms with van der Waals surface area (Å²) in [7, 11) is 0. The third-order valence-electron chi connectivity index (χ3n) is 4.37. The number of pyridine rings is 1. The van der Waals surface area contributed by atoms with Gasteiger partial charge in [0.05, 0.1) is 18.6 Å². The standard InChI is InChI=1S/C16H24N2O2/c1-16(12-19,14-5-3-2-4-6-14)18-15(20)11-13-7-9-17-10-8-13/h7-10,14,19H,2-6,11-12H2,1H3,(H,18,20)/t16-/m0/s1. The van der Waals surface area contributed by atoms with Gasteiger partial charge in [-0.25, -0.2) is 0 Å². The molecule has 0 aliphatic heterocycles. The van der Waals surface area contributed by atoms with Crippen LogP contribution in [0.3, 0.4) is 0 Å². The molecule has 4 heteroatoms. The Bertz CT molecular complexity index is 429. The molecule has 2 N–H and O–H groups in total. The highest BCUT2D eigenvalue weighted by Gasteiger charge is 2.35. The van der Waals surface area contributed by atoms with Crippen LogP contribution in [0.25, 0.3) is 0 Å². The van der Waals surface area contributed by atoms with Gasteiger partial charge in [-0.3, -0.25) is 9.78 Å². The lowest BCUT2D eigenvalue weighted by molar-refractivity contribution is -0.123. The molecule has 0 spiro atoms. The van der Waals surface area contributed by atoms with Gasteiger partial charge in [-0.15, -0.1) is 0 Å². The second-order valence-corrected chi connectivity index (χ2v) is 5.99. The van der Waals surface area contributed by atoms with Crippen molar-refractivity contribution in [2.24, 2.45) is 5.92 Å². The first-order chi connectivity index (χ1) is 9.64. The highest BCUT2D eigenvalue weighted by Crippen LogP contribution is 2.32. The summed E-state index contributed by atoms with van der Waals surface area (Å²) in [6, 6.07) is 3.69. The van der Waals surface area contributed by atoms with E-state index in [2.05, 4.69) is 10.3 Å². The number of aliphatic hydroxyl groups is 1. The van der Waals surface area contributed by atoms with Crippen molar-refractivity contribution in [1.29, 1.82) is 0 Å². The van der Waals surface area contributed by atoms with Gasteiger partial charge in [0.25, 0.3) is 0 Å². The summed E-state index contributed by atoms with van der Waals surface area (Å²) in [4.78, 5) is 16.1. The van der Waals surface area contributed by atoms with Gasteiger partial charge in [-0.05, 0) is 43.4 Å². The molecule has 1 aromatic rings. The van der Waals surface area contributed by atoms with E-state index in [0.29, 0.717) is 12.3 Å². The zero-order valence-electron chi connectivity index (χ0n) is 12.1. The second-order valence-electron chi connectivity index (χ2n) is 5.99. The number of amides is 1. The Morgan fingerprint density at radius 1 is 1.35 bits per heavy atom. The number of nitrogens with zero attached hydrogens (tertiary/aromatic N) is 1. The summed E-state index contributed by atoms with van der Waals surface area (Å²) in [6.45, 7) is 1.97. The van der Waals surface area contributed by atoms with Crippen LogP contribution in [0, 0.1) is 5.92 Å². The van der Waals surface area contributed by atoms with Crippen molar-refractivity contribution in [2.45, 2.75) is 51.0 Å². The van der Waals surface area contributed by atoms with Crippen molar-refractivity contribution in [3.05, 3.63) is 30.1 Å². The van der Waals surface area contributed by atoms with Crippen molar-refractivity contribution in [1.82, 2.24) is 10.3 Å². The maximum atomic E-state index is 12.2. The molecule has 20 heavy (non-hydrogen) atoms. The molecule has 1 amide bonds. The van der Waals surface area contributed by atoms with Gasteiger partial charge in [0.2, 0.25) is 5.91 Å². The molecule has 1 aliphatic carbocycles. The van der Waals surface area contributed by atoms with Crippen LogP contribution >= 0.6 is 0 Å². The SMILES string of the molecule is C[C@@](CO)(NC(=O)Cc1ccncc1)C1CCCCC1. The number of aromatic nitrogens is 1. The summed E-state index contributed by atoms with van der Waals surface area (Å²) in [5.41, 5.74) is 0.450. The Kier molecular flexibility index (Phi) is 5.12. The van der Waals surface area contributed by atoms with Crippen molar-refractivity contribution >= 4 is 5.91 Å².